The van der Waals surface area contributed by atoms with Crippen LogP contribution in [0.5, 0.6) is 5.75 Å². The third kappa shape index (κ3) is 3.09. The van der Waals surface area contributed by atoms with Crippen LogP contribution in [0.2, 0.25) is 0 Å². The first kappa shape index (κ1) is 14.1. The molecule has 22 heavy (non-hydrogen) atoms. The quantitative estimate of drug-likeness (QED) is 0.676. The highest BCUT2D eigenvalue weighted by Crippen LogP contribution is 2.23. The van der Waals surface area contributed by atoms with Crippen LogP contribution in [0.4, 0.5) is 0 Å². The van der Waals surface area contributed by atoms with Gasteiger partial charge in [-0.15, -0.1) is 0 Å². The lowest BCUT2D eigenvalue weighted by atomic mass is 10.1. The van der Waals surface area contributed by atoms with Crippen molar-refractivity contribution in [2.24, 2.45) is 0 Å². The minimum absolute atomic E-state index is 0.327. The predicted molar refractivity (Wildman–Crippen MR) is 86.1 cm³/mol. The van der Waals surface area contributed by atoms with Gasteiger partial charge in [0.25, 0.3) is 0 Å². The molecule has 3 rings (SSSR count). The molecule has 0 saturated carbocycles. The third-order valence-electron chi connectivity index (χ3n) is 3.48. The van der Waals surface area contributed by atoms with E-state index in [2.05, 4.69) is 0 Å². The van der Waals surface area contributed by atoms with E-state index in [1.807, 2.05) is 60.7 Å². The van der Waals surface area contributed by atoms with Gasteiger partial charge in [0.1, 0.15) is 12.4 Å². The van der Waals surface area contributed by atoms with Crippen LogP contribution < -0.4 is 4.74 Å². The van der Waals surface area contributed by atoms with E-state index in [0.717, 1.165) is 22.1 Å². The highest BCUT2D eigenvalue weighted by Gasteiger charge is 2.06. The summed E-state index contributed by atoms with van der Waals surface area (Å²) in [7, 11) is 1.38. The summed E-state index contributed by atoms with van der Waals surface area (Å²) in [6.45, 7) is 0.534. The molecular weight excluding hydrogens is 276 g/mol. The molecule has 0 spiro atoms. The van der Waals surface area contributed by atoms with Crippen molar-refractivity contribution in [1.29, 1.82) is 0 Å². The molecule has 3 nitrogen and oxygen atoms in total. The van der Waals surface area contributed by atoms with E-state index in [9.17, 15) is 4.79 Å². The summed E-state index contributed by atoms with van der Waals surface area (Å²) in [6, 6.07) is 21.3. The number of carbonyl (C=O) groups excluding carboxylic acids is 1. The molecule has 0 N–H and O–H groups in total. The first-order valence-corrected chi connectivity index (χ1v) is 7.05. The summed E-state index contributed by atoms with van der Waals surface area (Å²) in [5.74, 6) is 0.480. The number of fused-ring (bicyclic) bond motifs is 1. The van der Waals surface area contributed by atoms with Crippen LogP contribution in [0.1, 0.15) is 15.9 Å². The summed E-state index contributed by atoms with van der Waals surface area (Å²) < 4.78 is 10.5. The fourth-order valence-electron chi connectivity index (χ4n) is 2.30. The number of benzene rings is 3. The molecule has 0 bridgehead atoms. The largest absolute Gasteiger partial charge is 0.489 e. The van der Waals surface area contributed by atoms with E-state index in [1.54, 1.807) is 6.07 Å². The summed E-state index contributed by atoms with van der Waals surface area (Å²) in [6.07, 6.45) is 0. The summed E-state index contributed by atoms with van der Waals surface area (Å²) in [4.78, 5) is 11.5. The van der Waals surface area contributed by atoms with Crippen LogP contribution >= 0.6 is 0 Å². The Kier molecular flexibility index (Phi) is 4.05. The molecule has 0 unspecified atom stereocenters. The molecule has 0 aromatic heterocycles. The molecule has 3 aromatic carbocycles. The average molecular weight is 292 g/mol. The molecule has 0 radical (unpaired) electrons. The van der Waals surface area contributed by atoms with Crippen molar-refractivity contribution < 1.29 is 14.3 Å². The first-order valence-electron chi connectivity index (χ1n) is 7.05. The lowest BCUT2D eigenvalue weighted by Crippen LogP contribution is -2.00. The van der Waals surface area contributed by atoms with Crippen molar-refractivity contribution in [3.05, 3.63) is 77.9 Å². The molecule has 0 aliphatic heterocycles. The van der Waals surface area contributed by atoms with Gasteiger partial charge < -0.3 is 9.47 Å². The Bertz CT molecular complexity index is 794. The monoisotopic (exact) mass is 292 g/mol. The van der Waals surface area contributed by atoms with Gasteiger partial charge in [-0.05, 0) is 40.6 Å². The number of carbonyl (C=O) groups is 1. The van der Waals surface area contributed by atoms with E-state index in [0.29, 0.717) is 12.2 Å². The Morgan fingerprint density at radius 2 is 1.64 bits per heavy atom. The first-order chi connectivity index (χ1) is 10.8. The number of hydrogen-bond donors (Lipinski definition) is 0. The molecule has 3 heteroatoms. The fraction of sp³-hybridized carbons (Fsp3) is 0.105. The number of esters is 1. The van der Waals surface area contributed by atoms with Crippen molar-refractivity contribution >= 4 is 16.7 Å². The van der Waals surface area contributed by atoms with Crippen LogP contribution in [0.3, 0.4) is 0 Å². The van der Waals surface area contributed by atoms with Crippen molar-refractivity contribution in [2.75, 3.05) is 7.11 Å². The maximum atomic E-state index is 11.5. The predicted octanol–water partition coefficient (Wildman–Crippen LogP) is 4.21. The SMILES string of the molecule is COC(=O)c1ccc2cc(OCc3ccccc3)ccc2c1. The fourth-order valence-corrected chi connectivity index (χ4v) is 2.30. The normalized spacial score (nSPS) is 10.4. The maximum absolute atomic E-state index is 11.5. The molecule has 0 aliphatic carbocycles. The Balaban J connectivity index is 1.80. The highest BCUT2D eigenvalue weighted by atomic mass is 16.5. The van der Waals surface area contributed by atoms with Crippen molar-refractivity contribution in [3.63, 3.8) is 0 Å². The molecule has 0 aliphatic rings. The van der Waals surface area contributed by atoms with E-state index in [4.69, 9.17) is 9.47 Å². The van der Waals surface area contributed by atoms with Gasteiger partial charge in [0, 0.05) is 0 Å². The van der Waals surface area contributed by atoms with Crippen LogP contribution in [-0.2, 0) is 11.3 Å². The molecule has 3 aromatic rings. The zero-order chi connectivity index (χ0) is 15.4. The van der Waals surface area contributed by atoms with Crippen molar-refractivity contribution in [2.45, 2.75) is 6.61 Å². The third-order valence-corrected chi connectivity index (χ3v) is 3.48. The second kappa shape index (κ2) is 6.31. The summed E-state index contributed by atoms with van der Waals surface area (Å²) in [5, 5.41) is 2.01. The number of methoxy groups -OCH3 is 1. The number of rotatable bonds is 4. The zero-order valence-electron chi connectivity index (χ0n) is 12.3. The summed E-state index contributed by atoms with van der Waals surface area (Å²) >= 11 is 0. The van der Waals surface area contributed by atoms with Crippen LogP contribution in [-0.4, -0.2) is 13.1 Å². The topological polar surface area (TPSA) is 35.5 Å². The molecule has 0 fully saturated rings. The highest BCUT2D eigenvalue weighted by molar-refractivity contribution is 5.95. The molecule has 0 saturated heterocycles. The van der Waals surface area contributed by atoms with Crippen LogP contribution in [0, 0.1) is 0 Å². The van der Waals surface area contributed by atoms with Gasteiger partial charge in [0.05, 0.1) is 12.7 Å². The van der Waals surface area contributed by atoms with E-state index < -0.39 is 0 Å². The van der Waals surface area contributed by atoms with E-state index in [1.165, 1.54) is 7.11 Å². The van der Waals surface area contributed by atoms with Crippen molar-refractivity contribution in [1.82, 2.24) is 0 Å². The van der Waals surface area contributed by atoms with Crippen molar-refractivity contribution in [3.8, 4) is 5.75 Å². The van der Waals surface area contributed by atoms with Gasteiger partial charge >= 0.3 is 5.97 Å². The lowest BCUT2D eigenvalue weighted by molar-refractivity contribution is 0.0601. The van der Waals surface area contributed by atoms with E-state index in [-0.39, 0.29) is 5.97 Å². The van der Waals surface area contributed by atoms with E-state index >= 15 is 0 Å². The molecule has 0 atom stereocenters. The summed E-state index contributed by atoms with van der Waals surface area (Å²) in [5.41, 5.74) is 1.68. The minimum atomic E-state index is -0.327. The van der Waals surface area contributed by atoms with Gasteiger partial charge in [0.15, 0.2) is 0 Å². The Morgan fingerprint density at radius 1 is 0.909 bits per heavy atom. The second-order valence-electron chi connectivity index (χ2n) is 4.99. The van der Waals surface area contributed by atoms with Gasteiger partial charge in [0.2, 0.25) is 0 Å². The smallest absolute Gasteiger partial charge is 0.337 e. The second-order valence-corrected chi connectivity index (χ2v) is 4.99. The Morgan fingerprint density at radius 3 is 2.41 bits per heavy atom. The number of ether oxygens (including phenoxy) is 2. The maximum Gasteiger partial charge on any atom is 0.337 e. The van der Waals surface area contributed by atoms with Gasteiger partial charge in [-0.2, -0.15) is 0 Å². The van der Waals surface area contributed by atoms with Gasteiger partial charge in [-0.3, -0.25) is 0 Å². The Labute approximate surface area is 129 Å². The molecular formula is C19H16O3. The van der Waals surface area contributed by atoms with Crippen LogP contribution in [0.15, 0.2) is 66.7 Å². The molecule has 110 valence electrons. The average Bonchev–Trinajstić information content (AvgIpc) is 2.59. The number of hydrogen-bond acceptors (Lipinski definition) is 3. The standard InChI is InChI=1S/C19H16O3/c1-21-19(20)17-8-7-16-12-18(10-9-15(16)11-17)22-13-14-5-3-2-4-6-14/h2-12H,13H2,1H3. The van der Waals surface area contributed by atoms with Gasteiger partial charge in [-0.1, -0.05) is 42.5 Å². The molecule has 0 heterocycles. The van der Waals surface area contributed by atoms with Gasteiger partial charge in [-0.25, -0.2) is 4.79 Å². The zero-order valence-corrected chi connectivity index (χ0v) is 12.3. The Hall–Kier alpha value is -2.81. The lowest BCUT2D eigenvalue weighted by Gasteiger charge is -2.08. The molecule has 0 amide bonds. The van der Waals surface area contributed by atoms with Crippen LogP contribution in [0.25, 0.3) is 10.8 Å². The minimum Gasteiger partial charge on any atom is -0.489 e.